The Labute approximate surface area is 133 Å². The molecule has 1 aromatic carbocycles. The van der Waals surface area contributed by atoms with Crippen molar-refractivity contribution in [3.05, 3.63) is 29.8 Å². The van der Waals surface area contributed by atoms with E-state index < -0.39 is 0 Å². The molecule has 1 saturated heterocycles. The van der Waals surface area contributed by atoms with Gasteiger partial charge in [-0.15, -0.1) is 0 Å². The van der Waals surface area contributed by atoms with E-state index >= 15 is 0 Å². The summed E-state index contributed by atoms with van der Waals surface area (Å²) in [5.74, 6) is 1.61. The van der Waals surface area contributed by atoms with E-state index in [0.29, 0.717) is 12.3 Å². The Kier molecular flexibility index (Phi) is 6.25. The third kappa shape index (κ3) is 4.73. The summed E-state index contributed by atoms with van der Waals surface area (Å²) in [7, 11) is 1.97. The van der Waals surface area contributed by atoms with Crippen LogP contribution in [0.4, 0.5) is 0 Å². The van der Waals surface area contributed by atoms with Crippen molar-refractivity contribution in [3.63, 3.8) is 0 Å². The zero-order valence-electron chi connectivity index (χ0n) is 14.0. The van der Waals surface area contributed by atoms with E-state index in [9.17, 15) is 4.79 Å². The van der Waals surface area contributed by atoms with E-state index in [2.05, 4.69) is 5.32 Å². The molecule has 1 aliphatic rings. The van der Waals surface area contributed by atoms with Gasteiger partial charge in [-0.05, 0) is 52.3 Å². The van der Waals surface area contributed by atoms with Gasteiger partial charge in [0.25, 0.3) is 0 Å². The Bertz CT molecular complexity index is 486. The number of nitrogens with one attached hydrogen (secondary N) is 1. The molecule has 1 N–H and O–H groups in total. The number of ether oxygens (including phenoxy) is 1. The predicted octanol–water partition coefficient (Wildman–Crippen LogP) is 2.47. The van der Waals surface area contributed by atoms with Crippen molar-refractivity contribution in [3.8, 4) is 5.75 Å². The van der Waals surface area contributed by atoms with Crippen molar-refractivity contribution >= 4 is 5.91 Å². The highest BCUT2D eigenvalue weighted by Crippen LogP contribution is 2.22. The quantitative estimate of drug-likeness (QED) is 0.878. The molecule has 1 aliphatic heterocycles. The first-order chi connectivity index (χ1) is 10.6. The van der Waals surface area contributed by atoms with Crippen LogP contribution in [-0.2, 0) is 11.2 Å². The summed E-state index contributed by atoms with van der Waals surface area (Å²) in [5.41, 5.74) is 0.983. The average molecular weight is 304 g/mol. The van der Waals surface area contributed by atoms with Gasteiger partial charge in [0, 0.05) is 18.7 Å². The van der Waals surface area contributed by atoms with Crippen LogP contribution in [0.3, 0.4) is 0 Å². The van der Waals surface area contributed by atoms with Crippen LogP contribution in [-0.4, -0.2) is 43.6 Å². The van der Waals surface area contributed by atoms with E-state index in [1.165, 1.54) is 6.42 Å². The first-order valence-electron chi connectivity index (χ1n) is 8.27. The Hall–Kier alpha value is -1.55. The van der Waals surface area contributed by atoms with E-state index in [4.69, 9.17) is 4.74 Å². The summed E-state index contributed by atoms with van der Waals surface area (Å²) in [4.78, 5) is 14.6. The van der Waals surface area contributed by atoms with Crippen molar-refractivity contribution in [2.75, 3.05) is 26.7 Å². The highest BCUT2D eigenvalue weighted by molar-refractivity contribution is 5.79. The fraction of sp³-hybridized carbons (Fsp3) is 0.611. The van der Waals surface area contributed by atoms with Gasteiger partial charge in [0.15, 0.2) is 0 Å². The number of carbonyl (C=O) groups is 1. The van der Waals surface area contributed by atoms with E-state index in [0.717, 1.165) is 37.4 Å². The van der Waals surface area contributed by atoms with Gasteiger partial charge < -0.3 is 15.0 Å². The molecule has 1 heterocycles. The van der Waals surface area contributed by atoms with Crippen molar-refractivity contribution in [2.45, 2.75) is 39.2 Å². The summed E-state index contributed by atoms with van der Waals surface area (Å²) in [5, 5.41) is 3.22. The van der Waals surface area contributed by atoms with E-state index in [1.54, 1.807) is 0 Å². The number of carbonyl (C=O) groups excluding carboxylic acids is 1. The molecule has 122 valence electrons. The Balaban J connectivity index is 1.99. The summed E-state index contributed by atoms with van der Waals surface area (Å²) in [6, 6.07) is 7.86. The van der Waals surface area contributed by atoms with E-state index in [1.807, 2.05) is 50.1 Å². The van der Waals surface area contributed by atoms with Crippen LogP contribution < -0.4 is 10.1 Å². The van der Waals surface area contributed by atoms with Crippen molar-refractivity contribution < 1.29 is 9.53 Å². The van der Waals surface area contributed by atoms with Crippen LogP contribution in [0.2, 0.25) is 0 Å². The molecule has 0 saturated carbocycles. The molecule has 0 aromatic heterocycles. The van der Waals surface area contributed by atoms with Gasteiger partial charge in [-0.3, -0.25) is 4.79 Å². The molecule has 1 atom stereocenters. The average Bonchev–Trinajstić information content (AvgIpc) is 2.49. The van der Waals surface area contributed by atoms with Crippen molar-refractivity contribution in [1.82, 2.24) is 10.2 Å². The number of benzene rings is 1. The number of rotatable bonds is 6. The fourth-order valence-electron chi connectivity index (χ4n) is 3.04. The molecule has 4 heteroatoms. The number of hydrogen-bond donors (Lipinski definition) is 1. The van der Waals surface area contributed by atoms with Gasteiger partial charge in [0.1, 0.15) is 5.75 Å². The minimum atomic E-state index is 0.117. The second kappa shape index (κ2) is 8.18. The zero-order valence-corrected chi connectivity index (χ0v) is 14.0. The SMILES string of the molecule is CNCC1CCCN(C(=O)Cc2ccccc2OC(C)C)C1. The molecule has 1 fully saturated rings. The maximum Gasteiger partial charge on any atom is 0.227 e. The largest absolute Gasteiger partial charge is 0.491 e. The maximum atomic E-state index is 12.6. The molecule has 1 amide bonds. The lowest BCUT2D eigenvalue weighted by Crippen LogP contribution is -2.43. The number of likely N-dealkylation sites (tertiary alicyclic amines) is 1. The van der Waals surface area contributed by atoms with Gasteiger partial charge in [-0.25, -0.2) is 0 Å². The molecule has 1 aromatic rings. The van der Waals surface area contributed by atoms with Crippen LogP contribution >= 0.6 is 0 Å². The number of nitrogens with zero attached hydrogens (tertiary/aromatic N) is 1. The standard InChI is InChI=1S/C18H28N2O2/c1-14(2)22-17-9-5-4-8-16(17)11-18(21)20-10-6-7-15(13-20)12-19-3/h4-5,8-9,14-15,19H,6-7,10-13H2,1-3H3. The van der Waals surface area contributed by atoms with E-state index in [-0.39, 0.29) is 12.0 Å². The molecule has 0 radical (unpaired) electrons. The molecule has 2 rings (SSSR count). The second-order valence-corrected chi connectivity index (χ2v) is 6.36. The number of piperidine rings is 1. The molecule has 1 unspecified atom stereocenters. The summed E-state index contributed by atoms with van der Waals surface area (Å²) >= 11 is 0. The fourth-order valence-corrected chi connectivity index (χ4v) is 3.04. The molecule has 0 aliphatic carbocycles. The highest BCUT2D eigenvalue weighted by atomic mass is 16.5. The van der Waals surface area contributed by atoms with Gasteiger partial charge in [-0.2, -0.15) is 0 Å². The highest BCUT2D eigenvalue weighted by Gasteiger charge is 2.23. The topological polar surface area (TPSA) is 41.6 Å². The van der Waals surface area contributed by atoms with Crippen LogP contribution in [0.1, 0.15) is 32.3 Å². The lowest BCUT2D eigenvalue weighted by Gasteiger charge is -2.33. The van der Waals surface area contributed by atoms with Gasteiger partial charge >= 0.3 is 0 Å². The van der Waals surface area contributed by atoms with Gasteiger partial charge in [0.05, 0.1) is 12.5 Å². The van der Waals surface area contributed by atoms with Crippen LogP contribution in [0.5, 0.6) is 5.75 Å². The Morgan fingerprint density at radius 3 is 2.91 bits per heavy atom. The monoisotopic (exact) mass is 304 g/mol. The molecule has 22 heavy (non-hydrogen) atoms. The lowest BCUT2D eigenvalue weighted by atomic mass is 9.97. The molecule has 4 nitrogen and oxygen atoms in total. The molecular weight excluding hydrogens is 276 g/mol. The smallest absolute Gasteiger partial charge is 0.227 e. The predicted molar refractivity (Wildman–Crippen MR) is 89.1 cm³/mol. The molecule has 0 spiro atoms. The number of hydrogen-bond acceptors (Lipinski definition) is 3. The first-order valence-corrected chi connectivity index (χ1v) is 8.27. The third-order valence-electron chi connectivity index (χ3n) is 4.04. The number of para-hydroxylation sites is 1. The van der Waals surface area contributed by atoms with Crippen LogP contribution in [0.15, 0.2) is 24.3 Å². The summed E-state index contributed by atoms with van der Waals surface area (Å²) < 4.78 is 5.81. The lowest BCUT2D eigenvalue weighted by molar-refractivity contribution is -0.132. The van der Waals surface area contributed by atoms with Crippen molar-refractivity contribution in [1.29, 1.82) is 0 Å². The van der Waals surface area contributed by atoms with Crippen LogP contribution in [0.25, 0.3) is 0 Å². The minimum absolute atomic E-state index is 0.117. The van der Waals surface area contributed by atoms with Gasteiger partial charge in [-0.1, -0.05) is 18.2 Å². The first kappa shape index (κ1) is 16.8. The van der Waals surface area contributed by atoms with Gasteiger partial charge in [0.2, 0.25) is 5.91 Å². The summed E-state index contributed by atoms with van der Waals surface area (Å²) in [6.45, 7) is 6.74. The second-order valence-electron chi connectivity index (χ2n) is 6.36. The molecule has 0 bridgehead atoms. The molecular formula is C18H28N2O2. The Morgan fingerprint density at radius 2 is 2.18 bits per heavy atom. The Morgan fingerprint density at radius 1 is 1.41 bits per heavy atom. The zero-order chi connectivity index (χ0) is 15.9. The third-order valence-corrected chi connectivity index (χ3v) is 4.04. The minimum Gasteiger partial charge on any atom is -0.491 e. The van der Waals surface area contributed by atoms with Crippen molar-refractivity contribution in [2.24, 2.45) is 5.92 Å². The van der Waals surface area contributed by atoms with Crippen LogP contribution in [0, 0.1) is 5.92 Å². The summed E-state index contributed by atoms with van der Waals surface area (Å²) in [6.07, 6.45) is 2.85. The normalized spacial score (nSPS) is 18.5. The maximum absolute atomic E-state index is 12.6. The number of amides is 1.